The van der Waals surface area contributed by atoms with E-state index in [0.29, 0.717) is 12.2 Å². The van der Waals surface area contributed by atoms with Crippen LogP contribution >= 0.6 is 0 Å². The fourth-order valence-electron chi connectivity index (χ4n) is 3.49. The second-order valence-corrected chi connectivity index (χ2v) is 6.49. The van der Waals surface area contributed by atoms with Gasteiger partial charge in [0.25, 0.3) is 0 Å². The number of piperidine rings is 1. The van der Waals surface area contributed by atoms with Crippen LogP contribution < -0.4 is 0 Å². The van der Waals surface area contributed by atoms with Crippen molar-refractivity contribution < 1.29 is 4.79 Å². The Morgan fingerprint density at radius 2 is 1.90 bits per heavy atom. The lowest BCUT2D eigenvalue weighted by Crippen LogP contribution is -2.35. The zero-order valence-electron chi connectivity index (χ0n) is 13.3. The molecule has 1 aromatic rings. The number of benzene rings is 1. The minimum Gasteiger partial charge on any atom is -0.303 e. The minimum absolute atomic E-state index is 0.304. The Bertz CT molecular complexity index is 469. The van der Waals surface area contributed by atoms with Gasteiger partial charge in [-0.15, -0.1) is 0 Å². The SMILES string of the molecule is Cc1cc(C)c(C(=O)CCN2CCCC(C)C2)c(C)c1. The van der Waals surface area contributed by atoms with Gasteiger partial charge in [0.15, 0.2) is 5.78 Å². The van der Waals surface area contributed by atoms with Gasteiger partial charge >= 0.3 is 0 Å². The molecule has 1 aliphatic heterocycles. The maximum Gasteiger partial charge on any atom is 0.164 e. The highest BCUT2D eigenvalue weighted by Crippen LogP contribution is 2.20. The minimum atomic E-state index is 0.304. The van der Waals surface area contributed by atoms with Crippen LogP contribution in [-0.2, 0) is 0 Å². The summed E-state index contributed by atoms with van der Waals surface area (Å²) in [7, 11) is 0. The van der Waals surface area contributed by atoms with Crippen LogP contribution in [0.3, 0.4) is 0 Å². The van der Waals surface area contributed by atoms with Gasteiger partial charge in [0.2, 0.25) is 0 Å². The summed E-state index contributed by atoms with van der Waals surface area (Å²) >= 11 is 0. The summed E-state index contributed by atoms with van der Waals surface area (Å²) in [6.07, 6.45) is 3.26. The van der Waals surface area contributed by atoms with Crippen molar-refractivity contribution in [3.63, 3.8) is 0 Å². The maximum absolute atomic E-state index is 12.5. The van der Waals surface area contributed by atoms with Crippen molar-refractivity contribution in [3.8, 4) is 0 Å². The molecule has 1 aromatic carbocycles. The topological polar surface area (TPSA) is 20.3 Å². The fraction of sp³-hybridized carbons (Fsp3) is 0.611. The van der Waals surface area contributed by atoms with Crippen molar-refractivity contribution in [1.82, 2.24) is 4.90 Å². The molecule has 0 spiro atoms. The highest BCUT2D eigenvalue weighted by Gasteiger charge is 2.18. The van der Waals surface area contributed by atoms with Crippen LogP contribution in [0.5, 0.6) is 0 Å². The van der Waals surface area contributed by atoms with Gasteiger partial charge in [-0.2, -0.15) is 0 Å². The lowest BCUT2D eigenvalue weighted by atomic mass is 9.94. The molecule has 1 atom stereocenters. The molecule has 0 saturated carbocycles. The quantitative estimate of drug-likeness (QED) is 0.775. The van der Waals surface area contributed by atoms with Crippen molar-refractivity contribution in [2.24, 2.45) is 5.92 Å². The summed E-state index contributed by atoms with van der Waals surface area (Å²) in [5, 5.41) is 0. The summed E-state index contributed by atoms with van der Waals surface area (Å²) in [5.74, 6) is 1.08. The van der Waals surface area contributed by atoms with Gasteiger partial charge in [0.1, 0.15) is 0 Å². The molecule has 0 N–H and O–H groups in total. The van der Waals surface area contributed by atoms with E-state index in [1.54, 1.807) is 0 Å². The third-order valence-electron chi connectivity index (χ3n) is 4.35. The molecule has 110 valence electrons. The van der Waals surface area contributed by atoms with Gasteiger partial charge in [-0.1, -0.05) is 24.6 Å². The molecule has 20 heavy (non-hydrogen) atoms. The summed E-state index contributed by atoms with van der Waals surface area (Å²) in [6, 6.07) is 4.23. The first-order chi connectivity index (χ1) is 9.47. The van der Waals surface area contributed by atoms with Crippen LogP contribution in [0.15, 0.2) is 12.1 Å². The number of aryl methyl sites for hydroxylation is 3. The molecule has 2 rings (SSSR count). The number of Topliss-reactive ketones (excluding diaryl/α,β-unsaturated/α-hetero) is 1. The number of hydrogen-bond acceptors (Lipinski definition) is 2. The number of ketones is 1. The number of carbonyl (C=O) groups excluding carboxylic acids is 1. The van der Waals surface area contributed by atoms with Crippen molar-refractivity contribution in [1.29, 1.82) is 0 Å². The Morgan fingerprint density at radius 3 is 2.50 bits per heavy atom. The number of carbonyl (C=O) groups is 1. The number of likely N-dealkylation sites (tertiary alicyclic amines) is 1. The van der Waals surface area contributed by atoms with Gasteiger partial charge in [-0.05, 0) is 57.2 Å². The smallest absolute Gasteiger partial charge is 0.164 e. The second kappa shape index (κ2) is 6.53. The highest BCUT2D eigenvalue weighted by atomic mass is 16.1. The molecule has 0 aliphatic carbocycles. The summed E-state index contributed by atoms with van der Waals surface area (Å²) in [5.41, 5.74) is 4.43. The van der Waals surface area contributed by atoms with E-state index in [0.717, 1.165) is 42.2 Å². The third-order valence-corrected chi connectivity index (χ3v) is 4.35. The van der Waals surface area contributed by atoms with Gasteiger partial charge in [0, 0.05) is 25.1 Å². The maximum atomic E-state index is 12.5. The Labute approximate surface area is 123 Å². The van der Waals surface area contributed by atoms with E-state index in [1.165, 1.54) is 18.4 Å². The summed E-state index contributed by atoms with van der Waals surface area (Å²) < 4.78 is 0. The number of hydrogen-bond donors (Lipinski definition) is 0. The zero-order valence-corrected chi connectivity index (χ0v) is 13.3. The van der Waals surface area contributed by atoms with Gasteiger partial charge in [-0.3, -0.25) is 4.79 Å². The first-order valence-electron chi connectivity index (χ1n) is 7.80. The van der Waals surface area contributed by atoms with E-state index >= 15 is 0 Å². The van der Waals surface area contributed by atoms with E-state index in [-0.39, 0.29) is 0 Å². The summed E-state index contributed by atoms with van der Waals surface area (Å²) in [4.78, 5) is 14.9. The molecule has 0 radical (unpaired) electrons. The number of rotatable bonds is 4. The molecule has 1 heterocycles. The first kappa shape index (κ1) is 15.2. The molecular formula is C18H27NO. The van der Waals surface area contributed by atoms with Crippen LogP contribution in [0.25, 0.3) is 0 Å². The second-order valence-electron chi connectivity index (χ2n) is 6.49. The molecule has 0 aromatic heterocycles. The monoisotopic (exact) mass is 273 g/mol. The molecule has 2 heteroatoms. The molecule has 1 saturated heterocycles. The summed E-state index contributed by atoms with van der Waals surface area (Å²) in [6.45, 7) is 11.7. The molecule has 1 fully saturated rings. The van der Waals surface area contributed by atoms with Crippen LogP contribution in [0.1, 0.15) is 53.2 Å². The van der Waals surface area contributed by atoms with Crippen molar-refractivity contribution in [2.75, 3.05) is 19.6 Å². The number of nitrogens with zero attached hydrogens (tertiary/aromatic N) is 1. The highest BCUT2D eigenvalue weighted by molar-refractivity contribution is 5.99. The van der Waals surface area contributed by atoms with Crippen molar-refractivity contribution in [2.45, 2.75) is 47.0 Å². The lowest BCUT2D eigenvalue weighted by Gasteiger charge is -2.30. The van der Waals surface area contributed by atoms with Gasteiger partial charge in [0.05, 0.1) is 0 Å². The van der Waals surface area contributed by atoms with Crippen LogP contribution in [0.4, 0.5) is 0 Å². The molecule has 1 aliphatic rings. The standard InChI is InChI=1S/C18H27NO/c1-13-6-5-8-19(12-13)9-7-17(20)18-15(3)10-14(2)11-16(18)4/h10-11,13H,5-9,12H2,1-4H3. The van der Waals surface area contributed by atoms with Gasteiger partial charge in [-0.25, -0.2) is 0 Å². The van der Waals surface area contributed by atoms with Crippen LogP contribution in [0.2, 0.25) is 0 Å². The average molecular weight is 273 g/mol. The Balaban J connectivity index is 1.98. The van der Waals surface area contributed by atoms with Crippen molar-refractivity contribution in [3.05, 3.63) is 34.4 Å². The Hall–Kier alpha value is -1.15. The van der Waals surface area contributed by atoms with E-state index in [9.17, 15) is 4.79 Å². The molecule has 0 amide bonds. The molecule has 1 unspecified atom stereocenters. The lowest BCUT2D eigenvalue weighted by molar-refractivity contribution is 0.0948. The van der Waals surface area contributed by atoms with Gasteiger partial charge < -0.3 is 4.90 Å². The Morgan fingerprint density at radius 1 is 1.25 bits per heavy atom. The zero-order chi connectivity index (χ0) is 14.7. The fourth-order valence-corrected chi connectivity index (χ4v) is 3.49. The largest absolute Gasteiger partial charge is 0.303 e. The average Bonchev–Trinajstić information content (AvgIpc) is 2.35. The van der Waals surface area contributed by atoms with E-state index in [4.69, 9.17) is 0 Å². The Kier molecular flexibility index (Phi) is 4.98. The van der Waals surface area contributed by atoms with E-state index in [1.807, 2.05) is 0 Å². The molecule has 2 nitrogen and oxygen atoms in total. The third kappa shape index (κ3) is 3.69. The molecule has 0 bridgehead atoms. The van der Waals surface area contributed by atoms with E-state index in [2.05, 4.69) is 44.7 Å². The predicted octanol–water partition coefficient (Wildman–Crippen LogP) is 3.92. The van der Waals surface area contributed by atoms with Crippen molar-refractivity contribution >= 4 is 5.78 Å². The van der Waals surface area contributed by atoms with Crippen LogP contribution in [0, 0.1) is 26.7 Å². The van der Waals surface area contributed by atoms with Crippen LogP contribution in [-0.4, -0.2) is 30.3 Å². The first-order valence-corrected chi connectivity index (χ1v) is 7.80. The molecular weight excluding hydrogens is 246 g/mol. The normalized spacial score (nSPS) is 20.1. The predicted molar refractivity (Wildman–Crippen MR) is 84.4 cm³/mol. The van der Waals surface area contributed by atoms with E-state index < -0.39 is 0 Å².